The van der Waals surface area contributed by atoms with E-state index >= 15 is 0 Å². The molecule has 22 heavy (non-hydrogen) atoms. The van der Waals surface area contributed by atoms with Gasteiger partial charge in [-0.05, 0) is 26.0 Å². The average Bonchev–Trinajstić information content (AvgIpc) is 2.49. The molecule has 0 heterocycles. The number of methoxy groups -OCH3 is 1. The molecule has 0 spiro atoms. The Morgan fingerprint density at radius 2 is 1.82 bits per heavy atom. The van der Waals surface area contributed by atoms with Gasteiger partial charge in [-0.2, -0.15) is 0 Å². The second-order valence-electron chi connectivity index (χ2n) is 3.97. The molecule has 0 aliphatic rings. The maximum Gasteiger partial charge on any atom is 0.347 e. The third kappa shape index (κ3) is 4.47. The fraction of sp³-hybridized carbons (Fsp3) is 0.333. The molecule has 0 unspecified atom stereocenters. The van der Waals surface area contributed by atoms with E-state index in [1.165, 1.54) is 19.2 Å². The Balaban J connectivity index is 0.00000484. The molecule has 0 amide bonds. The smallest absolute Gasteiger partial charge is 0.347 e. The summed E-state index contributed by atoms with van der Waals surface area (Å²) in [5.74, 6) is -2.31. The van der Waals surface area contributed by atoms with Crippen molar-refractivity contribution >= 4 is 17.6 Å². The Hall–Kier alpha value is -2.57. The first-order chi connectivity index (χ1) is 10.5. The van der Waals surface area contributed by atoms with Crippen molar-refractivity contribution in [3.63, 3.8) is 0 Å². The zero-order chi connectivity index (χ0) is 16.5. The number of carbonyl (C=O) groups is 2. The molecule has 0 bridgehead atoms. The Morgan fingerprint density at radius 3 is 2.32 bits per heavy atom. The van der Waals surface area contributed by atoms with Crippen LogP contribution in [0.15, 0.2) is 30.0 Å². The molecule has 0 atom stereocenters. The topological polar surface area (TPSA) is 73.9 Å². The van der Waals surface area contributed by atoms with E-state index in [1.807, 2.05) is 0 Å². The van der Waals surface area contributed by atoms with Crippen molar-refractivity contribution in [3.05, 3.63) is 35.8 Å². The molecule has 0 aliphatic carbocycles. The highest BCUT2D eigenvalue weighted by atomic mass is 19.1. The molecule has 1 aromatic rings. The van der Waals surface area contributed by atoms with Crippen LogP contribution in [0.2, 0.25) is 0 Å². The van der Waals surface area contributed by atoms with Crippen molar-refractivity contribution < 1.29 is 29.6 Å². The predicted octanol–water partition coefficient (Wildman–Crippen LogP) is 2.50. The number of carbonyl (C=O) groups excluding carboxylic acids is 2. The molecular weight excluding hydrogens is 293 g/mol. The zero-order valence-corrected chi connectivity index (χ0v) is 12.6. The lowest BCUT2D eigenvalue weighted by atomic mass is 10.2. The van der Waals surface area contributed by atoms with E-state index in [4.69, 9.17) is 14.2 Å². The van der Waals surface area contributed by atoms with Crippen LogP contribution < -0.4 is 10.1 Å². The van der Waals surface area contributed by atoms with Gasteiger partial charge in [0.05, 0.1) is 26.0 Å². The first-order valence-corrected chi connectivity index (χ1v) is 6.68. The molecule has 122 valence electrons. The molecule has 1 aromatic carbocycles. The van der Waals surface area contributed by atoms with Crippen molar-refractivity contribution in [2.75, 3.05) is 25.6 Å². The summed E-state index contributed by atoms with van der Waals surface area (Å²) in [7, 11) is 1.33. The number of esters is 2. The number of anilines is 1. The van der Waals surface area contributed by atoms with E-state index in [1.54, 1.807) is 19.9 Å². The van der Waals surface area contributed by atoms with Gasteiger partial charge in [0.15, 0.2) is 17.1 Å². The minimum atomic E-state index is -0.850. The number of nitrogens with one attached hydrogen (secondary N) is 1. The highest BCUT2D eigenvalue weighted by Gasteiger charge is 2.21. The molecule has 1 N–H and O–H groups in total. The maximum atomic E-state index is 14.0. The fourth-order valence-electron chi connectivity index (χ4n) is 1.55. The van der Waals surface area contributed by atoms with E-state index in [2.05, 4.69) is 5.32 Å². The lowest BCUT2D eigenvalue weighted by molar-refractivity contribution is -0.146. The Morgan fingerprint density at radius 1 is 1.23 bits per heavy atom. The fourth-order valence-corrected chi connectivity index (χ4v) is 1.55. The normalized spacial score (nSPS) is 9.64. The Bertz CT molecular complexity index is 557. The van der Waals surface area contributed by atoms with E-state index < -0.39 is 17.8 Å². The number of benzene rings is 1. The number of rotatable bonds is 7. The van der Waals surface area contributed by atoms with Crippen LogP contribution in [0.4, 0.5) is 10.1 Å². The highest BCUT2D eigenvalue weighted by molar-refractivity contribution is 6.14. The third-order valence-electron chi connectivity index (χ3n) is 2.55. The van der Waals surface area contributed by atoms with Gasteiger partial charge in [0, 0.05) is 7.63 Å². The van der Waals surface area contributed by atoms with E-state index in [0.29, 0.717) is 0 Å². The van der Waals surface area contributed by atoms with Crippen LogP contribution >= 0.6 is 0 Å². The standard InChI is InChI=1S/C15H18FNO5.H2/c1-4-21-14(18)10(15(19)22-5-2)9-17-11-7-6-8-12(20-3)13(11)16;/h6-9,17H,4-5H2,1-3H3;1H. The first kappa shape index (κ1) is 17.5. The van der Waals surface area contributed by atoms with Gasteiger partial charge in [0.25, 0.3) is 0 Å². The summed E-state index contributed by atoms with van der Waals surface area (Å²) in [4.78, 5) is 23.5. The SMILES string of the molecule is CCOC(=O)C(=CNc1cccc(OC)c1F)C(=O)OCC.[HH]. The molecule has 6 nitrogen and oxygen atoms in total. The van der Waals surface area contributed by atoms with Crippen molar-refractivity contribution in [2.45, 2.75) is 13.8 Å². The number of ether oxygens (including phenoxy) is 3. The molecule has 0 saturated carbocycles. The van der Waals surface area contributed by atoms with Crippen LogP contribution in [0.3, 0.4) is 0 Å². The minimum Gasteiger partial charge on any atom is -0.494 e. The highest BCUT2D eigenvalue weighted by Crippen LogP contribution is 2.24. The first-order valence-electron chi connectivity index (χ1n) is 6.68. The molecule has 0 aliphatic heterocycles. The molecule has 1 rings (SSSR count). The van der Waals surface area contributed by atoms with E-state index in [0.717, 1.165) is 6.20 Å². The van der Waals surface area contributed by atoms with Crippen molar-refractivity contribution in [1.82, 2.24) is 0 Å². The lowest BCUT2D eigenvalue weighted by Gasteiger charge is -2.09. The van der Waals surface area contributed by atoms with Gasteiger partial charge in [-0.15, -0.1) is 0 Å². The van der Waals surface area contributed by atoms with Crippen molar-refractivity contribution in [1.29, 1.82) is 0 Å². The monoisotopic (exact) mass is 313 g/mol. The second kappa shape index (κ2) is 8.66. The number of hydrogen-bond acceptors (Lipinski definition) is 6. The summed E-state index contributed by atoms with van der Waals surface area (Å²) in [5.41, 5.74) is -0.309. The molecule has 7 heteroatoms. The van der Waals surface area contributed by atoms with Gasteiger partial charge < -0.3 is 19.5 Å². The predicted molar refractivity (Wildman–Crippen MR) is 80.0 cm³/mol. The Kier molecular flexibility index (Phi) is 6.88. The van der Waals surface area contributed by atoms with Gasteiger partial charge in [-0.25, -0.2) is 14.0 Å². The summed E-state index contributed by atoms with van der Waals surface area (Å²) >= 11 is 0. The van der Waals surface area contributed by atoms with Crippen LogP contribution in [0.25, 0.3) is 0 Å². The molecular formula is C15H20FNO5. The van der Waals surface area contributed by atoms with Crippen LogP contribution in [-0.2, 0) is 19.1 Å². The molecule has 0 saturated heterocycles. The van der Waals surface area contributed by atoms with Gasteiger partial charge in [0.1, 0.15) is 0 Å². The zero-order valence-electron chi connectivity index (χ0n) is 12.6. The van der Waals surface area contributed by atoms with E-state index in [-0.39, 0.29) is 31.7 Å². The lowest BCUT2D eigenvalue weighted by Crippen LogP contribution is -2.19. The van der Waals surface area contributed by atoms with Crippen molar-refractivity contribution in [3.8, 4) is 5.75 Å². The Labute approximate surface area is 129 Å². The van der Waals surface area contributed by atoms with Crippen LogP contribution in [0, 0.1) is 5.82 Å². The quantitative estimate of drug-likeness (QED) is 0.361. The molecule has 0 aromatic heterocycles. The van der Waals surface area contributed by atoms with Crippen LogP contribution in [0.1, 0.15) is 15.3 Å². The molecule has 0 fully saturated rings. The third-order valence-corrected chi connectivity index (χ3v) is 2.55. The average molecular weight is 313 g/mol. The summed E-state index contributed by atoms with van der Waals surface area (Å²) in [6, 6.07) is 4.44. The van der Waals surface area contributed by atoms with Crippen LogP contribution in [0.5, 0.6) is 5.75 Å². The van der Waals surface area contributed by atoms with Crippen molar-refractivity contribution in [2.24, 2.45) is 0 Å². The number of halogens is 1. The summed E-state index contributed by atoms with van der Waals surface area (Å²) in [5, 5.41) is 2.55. The minimum absolute atomic E-state index is 0. The van der Waals surface area contributed by atoms with Gasteiger partial charge in [-0.1, -0.05) is 6.07 Å². The maximum absolute atomic E-state index is 14.0. The summed E-state index contributed by atoms with van der Waals surface area (Å²) in [6.07, 6.45) is 1.05. The van der Waals surface area contributed by atoms with Gasteiger partial charge in [0.2, 0.25) is 0 Å². The van der Waals surface area contributed by atoms with Crippen LogP contribution in [-0.4, -0.2) is 32.3 Å². The summed E-state index contributed by atoms with van der Waals surface area (Å²) < 4.78 is 28.4. The summed E-state index contributed by atoms with van der Waals surface area (Å²) in [6.45, 7) is 3.41. The largest absolute Gasteiger partial charge is 0.494 e. The van der Waals surface area contributed by atoms with Gasteiger partial charge >= 0.3 is 11.9 Å². The van der Waals surface area contributed by atoms with E-state index in [9.17, 15) is 14.0 Å². The number of hydrogen-bond donors (Lipinski definition) is 1. The van der Waals surface area contributed by atoms with Gasteiger partial charge in [-0.3, -0.25) is 0 Å². The second-order valence-corrected chi connectivity index (χ2v) is 3.97. The molecule has 0 radical (unpaired) electrons.